The van der Waals surface area contributed by atoms with Gasteiger partial charge in [-0.25, -0.2) is 19.6 Å². The lowest BCUT2D eigenvalue weighted by Crippen LogP contribution is -2.35. The third-order valence-corrected chi connectivity index (χ3v) is 6.13. The zero-order chi connectivity index (χ0) is 22.7. The Morgan fingerprint density at radius 3 is 2.91 bits per heavy atom. The average Bonchev–Trinajstić information content (AvgIpc) is 3.31. The van der Waals surface area contributed by atoms with Crippen molar-refractivity contribution in [1.82, 2.24) is 24.6 Å². The standard InChI is InChI=1S/C23H24IN7O/c1-4-15(5-2)30-31-22(29-18-9-7-8-14(12-24)19(18)23(31)32)17(6-3)28-21-16-10-11-25-20(16)26-13-27-21/h4-5,7-11,13,17,30H,1,6,12H2,2-3H3,(H2,25,26,27,28)/b15-5+. The summed E-state index contributed by atoms with van der Waals surface area (Å²) in [5.74, 6) is 1.25. The maximum atomic E-state index is 13.7. The van der Waals surface area contributed by atoms with E-state index in [9.17, 15) is 4.79 Å². The van der Waals surface area contributed by atoms with Gasteiger partial charge in [0.1, 0.15) is 17.8 Å². The summed E-state index contributed by atoms with van der Waals surface area (Å²) in [6.45, 7) is 7.77. The highest BCUT2D eigenvalue weighted by molar-refractivity contribution is 14.1. The van der Waals surface area contributed by atoms with Crippen LogP contribution in [0.2, 0.25) is 0 Å². The van der Waals surface area contributed by atoms with E-state index in [0.29, 0.717) is 39.1 Å². The van der Waals surface area contributed by atoms with Gasteiger partial charge in [0.2, 0.25) is 0 Å². The van der Waals surface area contributed by atoms with Crippen LogP contribution in [-0.2, 0) is 4.43 Å². The van der Waals surface area contributed by atoms with E-state index in [-0.39, 0.29) is 11.6 Å². The Morgan fingerprint density at radius 1 is 1.34 bits per heavy atom. The first-order valence-electron chi connectivity index (χ1n) is 10.3. The molecule has 4 aromatic rings. The first-order chi connectivity index (χ1) is 15.6. The molecule has 0 aliphatic rings. The predicted molar refractivity (Wildman–Crippen MR) is 138 cm³/mol. The predicted octanol–water partition coefficient (Wildman–Crippen LogP) is 4.80. The van der Waals surface area contributed by atoms with E-state index in [1.165, 1.54) is 11.0 Å². The molecule has 3 aromatic heterocycles. The summed E-state index contributed by atoms with van der Waals surface area (Å²) in [5, 5.41) is 4.95. The smallest absolute Gasteiger partial charge is 0.280 e. The van der Waals surface area contributed by atoms with Gasteiger partial charge in [-0.15, -0.1) is 0 Å². The Hall–Kier alpha value is -3.21. The van der Waals surface area contributed by atoms with E-state index < -0.39 is 0 Å². The number of allylic oxidation sites excluding steroid dienone is 2. The highest BCUT2D eigenvalue weighted by Gasteiger charge is 2.22. The van der Waals surface area contributed by atoms with Crippen LogP contribution >= 0.6 is 22.6 Å². The molecule has 0 bridgehead atoms. The molecule has 1 aromatic carbocycles. The van der Waals surface area contributed by atoms with Crippen molar-refractivity contribution in [2.45, 2.75) is 30.7 Å². The second-order valence-corrected chi connectivity index (χ2v) is 7.95. The molecule has 3 N–H and O–H groups in total. The van der Waals surface area contributed by atoms with Gasteiger partial charge < -0.3 is 10.3 Å². The molecule has 0 radical (unpaired) electrons. The van der Waals surface area contributed by atoms with Crippen LogP contribution in [0.3, 0.4) is 0 Å². The van der Waals surface area contributed by atoms with Crippen LogP contribution in [0.1, 0.15) is 37.7 Å². The number of alkyl halides is 1. The maximum Gasteiger partial charge on any atom is 0.280 e. The molecule has 9 heteroatoms. The highest BCUT2D eigenvalue weighted by Crippen LogP contribution is 2.26. The maximum absolute atomic E-state index is 13.7. The number of aromatic amines is 1. The number of nitrogens with one attached hydrogen (secondary N) is 3. The van der Waals surface area contributed by atoms with Crippen molar-refractivity contribution in [2.75, 3.05) is 10.7 Å². The van der Waals surface area contributed by atoms with E-state index in [2.05, 4.69) is 54.9 Å². The van der Waals surface area contributed by atoms with Gasteiger partial charge in [0.15, 0.2) is 5.82 Å². The number of anilines is 1. The van der Waals surface area contributed by atoms with E-state index in [1.807, 2.05) is 50.4 Å². The molecule has 0 aliphatic carbocycles. The monoisotopic (exact) mass is 541 g/mol. The zero-order valence-electron chi connectivity index (χ0n) is 17.9. The third-order valence-electron chi connectivity index (χ3n) is 5.31. The van der Waals surface area contributed by atoms with Gasteiger partial charge in [-0.1, -0.05) is 54.3 Å². The Balaban J connectivity index is 1.91. The molecular weight excluding hydrogens is 517 g/mol. The van der Waals surface area contributed by atoms with Crippen LogP contribution in [0.4, 0.5) is 5.82 Å². The van der Waals surface area contributed by atoms with Crippen molar-refractivity contribution < 1.29 is 0 Å². The third kappa shape index (κ3) is 3.99. The van der Waals surface area contributed by atoms with Crippen LogP contribution in [0.15, 0.2) is 66.0 Å². The van der Waals surface area contributed by atoms with Gasteiger partial charge >= 0.3 is 0 Å². The normalized spacial score (nSPS) is 12.8. The zero-order valence-corrected chi connectivity index (χ0v) is 20.1. The molecule has 0 aliphatic heterocycles. The van der Waals surface area contributed by atoms with Crippen LogP contribution in [0.25, 0.3) is 21.9 Å². The van der Waals surface area contributed by atoms with Crippen molar-refractivity contribution in [3.63, 3.8) is 0 Å². The van der Waals surface area contributed by atoms with E-state index in [4.69, 9.17) is 4.98 Å². The van der Waals surface area contributed by atoms with Crippen molar-refractivity contribution in [3.05, 3.63) is 83.0 Å². The van der Waals surface area contributed by atoms with Gasteiger partial charge in [-0.3, -0.25) is 10.2 Å². The van der Waals surface area contributed by atoms with Crippen molar-refractivity contribution in [3.8, 4) is 0 Å². The molecule has 1 atom stereocenters. The first-order valence-corrected chi connectivity index (χ1v) is 11.8. The Bertz CT molecular complexity index is 1370. The van der Waals surface area contributed by atoms with E-state index in [1.54, 1.807) is 6.08 Å². The summed E-state index contributed by atoms with van der Waals surface area (Å²) in [4.78, 5) is 30.4. The number of hydrogen-bond acceptors (Lipinski definition) is 6. The summed E-state index contributed by atoms with van der Waals surface area (Å²) < 4.78 is 2.23. The summed E-state index contributed by atoms with van der Waals surface area (Å²) in [5.41, 5.74) is 6.13. The van der Waals surface area contributed by atoms with Gasteiger partial charge in [-0.2, -0.15) is 0 Å². The number of aromatic nitrogens is 5. The molecule has 8 nitrogen and oxygen atoms in total. The van der Waals surface area contributed by atoms with Gasteiger partial charge in [0.25, 0.3) is 5.56 Å². The molecule has 0 fully saturated rings. The van der Waals surface area contributed by atoms with Crippen LogP contribution in [0, 0.1) is 0 Å². The van der Waals surface area contributed by atoms with Gasteiger partial charge in [0, 0.05) is 16.3 Å². The molecule has 0 spiro atoms. The van der Waals surface area contributed by atoms with E-state index >= 15 is 0 Å². The Labute approximate surface area is 199 Å². The number of halogens is 1. The number of benzene rings is 1. The van der Waals surface area contributed by atoms with E-state index in [0.717, 1.165) is 16.6 Å². The number of H-pyrrole nitrogens is 1. The summed E-state index contributed by atoms with van der Waals surface area (Å²) >= 11 is 2.27. The molecule has 4 rings (SSSR count). The molecular formula is C23H24IN7O. The minimum absolute atomic E-state index is 0.145. The molecule has 0 amide bonds. The summed E-state index contributed by atoms with van der Waals surface area (Å²) in [7, 11) is 0. The number of rotatable bonds is 8. The largest absolute Gasteiger partial charge is 0.359 e. The molecule has 0 saturated heterocycles. The fourth-order valence-corrected chi connectivity index (χ4v) is 4.26. The minimum atomic E-state index is -0.279. The lowest BCUT2D eigenvalue weighted by molar-refractivity contribution is 0.637. The summed E-state index contributed by atoms with van der Waals surface area (Å²) in [6.07, 6.45) is 7.55. The summed E-state index contributed by atoms with van der Waals surface area (Å²) in [6, 6.07) is 7.43. The van der Waals surface area contributed by atoms with Crippen LogP contribution in [-0.4, -0.2) is 24.6 Å². The molecule has 32 heavy (non-hydrogen) atoms. The van der Waals surface area contributed by atoms with Crippen molar-refractivity contribution >= 4 is 50.3 Å². The Morgan fingerprint density at radius 2 is 2.19 bits per heavy atom. The lowest BCUT2D eigenvalue weighted by Gasteiger charge is -2.23. The first kappa shape index (κ1) is 22.0. The fraction of sp³-hybridized carbons (Fsp3) is 0.217. The van der Waals surface area contributed by atoms with Crippen molar-refractivity contribution in [2.24, 2.45) is 0 Å². The minimum Gasteiger partial charge on any atom is -0.359 e. The molecule has 1 unspecified atom stereocenters. The number of nitrogens with zero attached hydrogens (tertiary/aromatic N) is 4. The SMILES string of the molecule is C=C/C(=C\C)Nn1c(C(CC)Nc2ncnc3[nH]ccc23)nc2cccc(CI)c2c1=O. The van der Waals surface area contributed by atoms with Crippen LogP contribution in [0.5, 0.6) is 0 Å². The van der Waals surface area contributed by atoms with Gasteiger partial charge in [0.05, 0.1) is 22.3 Å². The molecule has 164 valence electrons. The fourth-order valence-electron chi connectivity index (χ4n) is 3.63. The number of fused-ring (bicyclic) bond motifs is 2. The molecule has 3 heterocycles. The Kier molecular flexibility index (Phi) is 6.54. The van der Waals surface area contributed by atoms with Gasteiger partial charge in [-0.05, 0) is 37.1 Å². The second kappa shape index (κ2) is 9.51. The number of hydrogen-bond donors (Lipinski definition) is 3. The molecule has 0 saturated carbocycles. The lowest BCUT2D eigenvalue weighted by atomic mass is 10.1. The highest BCUT2D eigenvalue weighted by atomic mass is 127. The quantitative estimate of drug-likeness (QED) is 0.168. The topological polar surface area (TPSA) is 101 Å². The van der Waals surface area contributed by atoms with Crippen molar-refractivity contribution in [1.29, 1.82) is 0 Å². The van der Waals surface area contributed by atoms with Crippen LogP contribution < -0.4 is 16.3 Å². The average molecular weight is 541 g/mol. The second-order valence-electron chi connectivity index (χ2n) is 7.18.